The summed E-state index contributed by atoms with van der Waals surface area (Å²) in [4.78, 5) is 0. The van der Waals surface area contributed by atoms with Crippen molar-refractivity contribution in [2.45, 2.75) is 25.2 Å². The molecule has 0 saturated heterocycles. The minimum Gasteiger partial charge on any atom is -0.307 e. The molecule has 0 amide bonds. The third kappa shape index (κ3) is 3.29. The number of hydrogen-bond donors (Lipinski definition) is 0. The Hall–Kier alpha value is -5.66. The molecule has 9 aromatic rings. The first kappa shape index (κ1) is 25.5. The van der Waals surface area contributed by atoms with E-state index in [1.165, 1.54) is 99.3 Å². The quantitative estimate of drug-likeness (QED) is 0.187. The van der Waals surface area contributed by atoms with Crippen molar-refractivity contribution in [3.63, 3.8) is 0 Å². The van der Waals surface area contributed by atoms with Crippen LogP contribution in [-0.2, 0) is 6.42 Å². The molecular weight excluding hydrogens is 567 g/mol. The van der Waals surface area contributed by atoms with Crippen molar-refractivity contribution in [2.24, 2.45) is 0 Å². The fraction of sp³-hybridized carbons (Fsp3) is 0.0870. The lowest BCUT2D eigenvalue weighted by Gasteiger charge is -2.32. The molecule has 2 aliphatic carbocycles. The number of fused-ring (bicyclic) bond motifs is 12. The molecule has 2 heterocycles. The SMILES string of the molecule is CC1c2c(cccc2-c2cccc3c4cccc5c6ccccc6n(c23)c54)-c2cccc3c2CC1c1ccc(-c2ccccc2)cc1-3. The lowest BCUT2D eigenvalue weighted by Crippen LogP contribution is -2.16. The molecule has 0 radical (unpaired) electrons. The van der Waals surface area contributed by atoms with Gasteiger partial charge in [0.1, 0.15) is 0 Å². The van der Waals surface area contributed by atoms with E-state index in [9.17, 15) is 0 Å². The first-order valence-electron chi connectivity index (χ1n) is 16.9. The molecule has 0 spiro atoms. The van der Waals surface area contributed by atoms with Crippen LogP contribution in [0, 0.1) is 0 Å². The van der Waals surface area contributed by atoms with E-state index < -0.39 is 0 Å². The van der Waals surface area contributed by atoms with Crippen LogP contribution < -0.4 is 0 Å². The second kappa shape index (κ2) is 9.21. The van der Waals surface area contributed by atoms with Crippen LogP contribution in [-0.4, -0.2) is 4.40 Å². The molecule has 0 N–H and O–H groups in total. The first-order chi connectivity index (χ1) is 23.3. The average Bonchev–Trinajstić information content (AvgIpc) is 3.62. The minimum atomic E-state index is 0.337. The number of rotatable bonds is 2. The molecule has 1 nitrogen and oxygen atoms in total. The van der Waals surface area contributed by atoms with Crippen LogP contribution >= 0.6 is 0 Å². The van der Waals surface area contributed by atoms with Gasteiger partial charge in [-0.1, -0.05) is 140 Å². The Morgan fingerprint density at radius 1 is 0.468 bits per heavy atom. The molecule has 7 aromatic carbocycles. The highest BCUT2D eigenvalue weighted by molar-refractivity contribution is 6.25. The summed E-state index contributed by atoms with van der Waals surface area (Å²) in [5, 5.41) is 5.32. The fourth-order valence-electron chi connectivity index (χ4n) is 9.42. The maximum atomic E-state index is 2.55. The smallest absolute Gasteiger partial charge is 0.0620 e. The summed E-state index contributed by atoms with van der Waals surface area (Å²) >= 11 is 0. The van der Waals surface area contributed by atoms with Gasteiger partial charge >= 0.3 is 0 Å². The van der Waals surface area contributed by atoms with Crippen molar-refractivity contribution in [1.29, 1.82) is 0 Å². The Bertz CT molecular complexity index is 2730. The summed E-state index contributed by atoms with van der Waals surface area (Å²) < 4.78 is 2.55. The number of nitrogens with zero attached hydrogens (tertiary/aromatic N) is 1. The van der Waals surface area contributed by atoms with E-state index >= 15 is 0 Å². The predicted molar refractivity (Wildman–Crippen MR) is 198 cm³/mol. The molecule has 2 aromatic heterocycles. The lowest BCUT2D eigenvalue weighted by molar-refractivity contribution is 0.576. The maximum absolute atomic E-state index is 2.55. The third-order valence-electron chi connectivity index (χ3n) is 11.4. The largest absolute Gasteiger partial charge is 0.307 e. The van der Waals surface area contributed by atoms with Crippen molar-refractivity contribution in [2.75, 3.05) is 0 Å². The van der Waals surface area contributed by atoms with E-state index in [0.717, 1.165) is 6.42 Å². The van der Waals surface area contributed by atoms with Crippen LogP contribution in [0.5, 0.6) is 0 Å². The van der Waals surface area contributed by atoms with Crippen LogP contribution in [0.25, 0.3) is 82.6 Å². The molecule has 220 valence electrons. The van der Waals surface area contributed by atoms with Gasteiger partial charge < -0.3 is 4.40 Å². The van der Waals surface area contributed by atoms with Crippen molar-refractivity contribution < 1.29 is 0 Å². The van der Waals surface area contributed by atoms with Crippen LogP contribution in [0.3, 0.4) is 0 Å². The van der Waals surface area contributed by atoms with Gasteiger partial charge in [-0.05, 0) is 86.0 Å². The number of para-hydroxylation sites is 3. The van der Waals surface area contributed by atoms with Gasteiger partial charge in [-0.25, -0.2) is 0 Å². The zero-order chi connectivity index (χ0) is 30.8. The molecule has 2 bridgehead atoms. The van der Waals surface area contributed by atoms with Crippen LogP contribution in [0.1, 0.15) is 35.4 Å². The molecule has 1 heteroatoms. The van der Waals surface area contributed by atoms with E-state index in [-0.39, 0.29) is 0 Å². The summed E-state index contributed by atoms with van der Waals surface area (Å²) in [6.45, 7) is 2.49. The molecular formula is C46H31N. The van der Waals surface area contributed by atoms with Gasteiger partial charge in [0.25, 0.3) is 0 Å². The van der Waals surface area contributed by atoms with Gasteiger partial charge in [0.2, 0.25) is 0 Å². The highest BCUT2D eigenvalue weighted by Gasteiger charge is 2.37. The minimum absolute atomic E-state index is 0.337. The van der Waals surface area contributed by atoms with E-state index in [1.807, 2.05) is 0 Å². The molecule has 0 saturated carbocycles. The monoisotopic (exact) mass is 597 g/mol. The van der Waals surface area contributed by atoms with E-state index in [1.54, 1.807) is 0 Å². The lowest BCUT2D eigenvalue weighted by atomic mass is 9.72. The van der Waals surface area contributed by atoms with E-state index in [2.05, 4.69) is 157 Å². The topological polar surface area (TPSA) is 4.41 Å². The normalized spacial score (nSPS) is 16.5. The highest BCUT2D eigenvalue weighted by atomic mass is 14.9. The van der Waals surface area contributed by atoms with Crippen LogP contribution in [0.15, 0.2) is 146 Å². The Labute approximate surface area is 273 Å². The number of benzene rings is 7. The molecule has 2 atom stereocenters. The van der Waals surface area contributed by atoms with Crippen molar-refractivity contribution >= 4 is 38.1 Å². The molecule has 11 rings (SSSR count). The summed E-state index contributed by atoms with van der Waals surface area (Å²) in [5.41, 5.74) is 19.2. The van der Waals surface area contributed by atoms with Crippen molar-refractivity contribution in [1.82, 2.24) is 4.40 Å². The van der Waals surface area contributed by atoms with Gasteiger partial charge in [0.05, 0.1) is 16.6 Å². The summed E-state index contributed by atoms with van der Waals surface area (Å²) in [7, 11) is 0. The van der Waals surface area contributed by atoms with Gasteiger partial charge in [-0.2, -0.15) is 0 Å². The third-order valence-corrected chi connectivity index (χ3v) is 11.4. The summed E-state index contributed by atoms with van der Waals surface area (Å²) in [6.07, 6.45) is 1.07. The molecule has 2 aliphatic rings. The molecule has 0 fully saturated rings. The van der Waals surface area contributed by atoms with E-state index in [0.29, 0.717) is 11.8 Å². The molecule has 2 unspecified atom stereocenters. The zero-order valence-electron chi connectivity index (χ0n) is 26.2. The van der Waals surface area contributed by atoms with Crippen LogP contribution in [0.4, 0.5) is 0 Å². The Morgan fingerprint density at radius 3 is 1.89 bits per heavy atom. The average molecular weight is 598 g/mol. The van der Waals surface area contributed by atoms with Gasteiger partial charge in [-0.3, -0.25) is 0 Å². The zero-order valence-corrected chi connectivity index (χ0v) is 26.2. The Balaban J connectivity index is 1.20. The van der Waals surface area contributed by atoms with Crippen LogP contribution in [0.2, 0.25) is 0 Å². The molecule has 47 heavy (non-hydrogen) atoms. The Kier molecular flexibility index (Phi) is 5.00. The Morgan fingerprint density at radius 2 is 1.06 bits per heavy atom. The first-order valence-corrected chi connectivity index (χ1v) is 16.9. The van der Waals surface area contributed by atoms with Gasteiger partial charge in [0.15, 0.2) is 0 Å². The number of hydrogen-bond acceptors (Lipinski definition) is 0. The maximum Gasteiger partial charge on any atom is 0.0620 e. The highest BCUT2D eigenvalue weighted by Crippen LogP contribution is 2.55. The van der Waals surface area contributed by atoms with Crippen molar-refractivity contribution in [3.8, 4) is 44.5 Å². The van der Waals surface area contributed by atoms with E-state index in [4.69, 9.17) is 0 Å². The van der Waals surface area contributed by atoms with Gasteiger partial charge in [-0.15, -0.1) is 0 Å². The van der Waals surface area contributed by atoms with Crippen molar-refractivity contribution in [3.05, 3.63) is 162 Å². The predicted octanol–water partition coefficient (Wildman–Crippen LogP) is 12.3. The number of aromatic nitrogens is 1. The summed E-state index contributed by atoms with van der Waals surface area (Å²) in [6, 6.07) is 54.8. The fourth-order valence-corrected chi connectivity index (χ4v) is 9.42. The second-order valence-corrected chi connectivity index (χ2v) is 13.6. The summed E-state index contributed by atoms with van der Waals surface area (Å²) in [5.74, 6) is 0.739. The standard InChI is InChI=1S/C46H31N/c1-27-40-26-42-30(14-7-15-31(42)41-25-29(23-24-32(40)41)28-11-3-2-4-12-28)34-16-8-17-35(44(27)34)37-19-10-21-39-38-20-9-18-36-33-13-5-6-22-43(33)47(45(36)38)46(37)39/h2-25,27,40H,26H2,1H3. The van der Waals surface area contributed by atoms with Gasteiger partial charge in [0, 0.05) is 27.1 Å². The second-order valence-electron chi connectivity index (χ2n) is 13.6. The molecule has 0 aliphatic heterocycles.